The highest BCUT2D eigenvalue weighted by Gasteiger charge is 2.23. The van der Waals surface area contributed by atoms with Gasteiger partial charge >= 0.3 is 0 Å². The molecule has 1 aliphatic carbocycles. The lowest BCUT2D eigenvalue weighted by molar-refractivity contribution is 0.00306. The maximum Gasteiger partial charge on any atom is 0.188 e. The zero-order chi connectivity index (χ0) is 13.2. The SMILES string of the molecule is CC(C)(C)OCC(=O)c1cccc(OC2CC2)c1. The lowest BCUT2D eigenvalue weighted by atomic mass is 10.1. The van der Waals surface area contributed by atoms with Gasteiger partial charge in [0.15, 0.2) is 5.78 Å². The molecule has 1 fully saturated rings. The standard InChI is InChI=1S/C15H20O3/c1-15(2,3)17-10-14(16)11-5-4-6-13(9-11)18-12-7-8-12/h4-6,9,12H,7-8,10H2,1-3H3. The topological polar surface area (TPSA) is 35.5 Å². The molecule has 0 unspecified atom stereocenters. The van der Waals surface area contributed by atoms with Gasteiger partial charge in [0.05, 0.1) is 11.7 Å². The summed E-state index contributed by atoms with van der Waals surface area (Å²) in [6.07, 6.45) is 2.58. The first kappa shape index (κ1) is 13.1. The molecule has 0 saturated heterocycles. The number of carbonyl (C=O) groups is 1. The van der Waals surface area contributed by atoms with Gasteiger partial charge in [-0.1, -0.05) is 12.1 Å². The van der Waals surface area contributed by atoms with E-state index in [0.29, 0.717) is 11.7 Å². The average Bonchev–Trinajstić information content (AvgIpc) is 3.09. The van der Waals surface area contributed by atoms with Crippen molar-refractivity contribution >= 4 is 5.78 Å². The summed E-state index contributed by atoms with van der Waals surface area (Å²) < 4.78 is 11.2. The predicted molar refractivity (Wildman–Crippen MR) is 70.1 cm³/mol. The molecule has 0 radical (unpaired) electrons. The highest BCUT2D eigenvalue weighted by atomic mass is 16.5. The van der Waals surface area contributed by atoms with E-state index in [2.05, 4.69) is 0 Å². The third-order valence-electron chi connectivity index (χ3n) is 2.62. The lowest BCUT2D eigenvalue weighted by Crippen LogP contribution is -2.23. The molecule has 0 bridgehead atoms. The van der Waals surface area contributed by atoms with E-state index in [-0.39, 0.29) is 18.0 Å². The van der Waals surface area contributed by atoms with Gasteiger partial charge in [-0.25, -0.2) is 0 Å². The van der Waals surface area contributed by atoms with Gasteiger partial charge in [-0.2, -0.15) is 0 Å². The fraction of sp³-hybridized carbons (Fsp3) is 0.533. The van der Waals surface area contributed by atoms with Crippen molar-refractivity contribution in [3.63, 3.8) is 0 Å². The summed E-state index contributed by atoms with van der Waals surface area (Å²) in [6.45, 7) is 5.92. The number of ketones is 1. The Labute approximate surface area is 108 Å². The van der Waals surface area contributed by atoms with Crippen LogP contribution in [0.3, 0.4) is 0 Å². The van der Waals surface area contributed by atoms with Crippen LogP contribution in [-0.2, 0) is 4.74 Å². The Balaban J connectivity index is 1.96. The van der Waals surface area contributed by atoms with E-state index < -0.39 is 0 Å². The zero-order valence-corrected chi connectivity index (χ0v) is 11.2. The molecule has 1 aromatic carbocycles. The Hall–Kier alpha value is -1.35. The van der Waals surface area contributed by atoms with Gasteiger partial charge < -0.3 is 9.47 Å². The normalized spacial score (nSPS) is 15.5. The van der Waals surface area contributed by atoms with Gasteiger partial charge in [0.2, 0.25) is 0 Å². The van der Waals surface area contributed by atoms with Crippen molar-refractivity contribution in [1.82, 2.24) is 0 Å². The van der Waals surface area contributed by atoms with Crippen molar-refractivity contribution in [2.45, 2.75) is 45.3 Å². The van der Waals surface area contributed by atoms with Crippen molar-refractivity contribution in [3.8, 4) is 5.75 Å². The van der Waals surface area contributed by atoms with Crippen LogP contribution in [-0.4, -0.2) is 24.1 Å². The average molecular weight is 248 g/mol. The van der Waals surface area contributed by atoms with Gasteiger partial charge in [-0.3, -0.25) is 4.79 Å². The molecule has 0 heterocycles. The molecule has 0 amide bonds. The minimum absolute atomic E-state index is 0.00817. The fourth-order valence-electron chi connectivity index (χ4n) is 1.49. The summed E-state index contributed by atoms with van der Waals surface area (Å²) in [6, 6.07) is 7.34. The van der Waals surface area contributed by atoms with Crippen LogP contribution in [0, 0.1) is 0 Å². The number of rotatable bonds is 5. The molecule has 0 aliphatic heterocycles. The summed E-state index contributed by atoms with van der Waals surface area (Å²) in [7, 11) is 0. The molecular formula is C15H20O3. The predicted octanol–water partition coefficient (Wildman–Crippen LogP) is 3.23. The third-order valence-corrected chi connectivity index (χ3v) is 2.62. The van der Waals surface area contributed by atoms with E-state index in [1.54, 1.807) is 12.1 Å². The van der Waals surface area contributed by atoms with E-state index in [9.17, 15) is 4.79 Å². The van der Waals surface area contributed by atoms with Crippen molar-refractivity contribution in [2.75, 3.05) is 6.61 Å². The largest absolute Gasteiger partial charge is 0.490 e. The van der Waals surface area contributed by atoms with Crippen molar-refractivity contribution in [2.24, 2.45) is 0 Å². The monoisotopic (exact) mass is 248 g/mol. The quantitative estimate of drug-likeness (QED) is 0.750. The lowest BCUT2D eigenvalue weighted by Gasteiger charge is -2.18. The van der Waals surface area contributed by atoms with Gasteiger partial charge in [-0.05, 0) is 45.7 Å². The van der Waals surface area contributed by atoms with Crippen LogP contribution in [0.1, 0.15) is 44.0 Å². The van der Waals surface area contributed by atoms with Gasteiger partial charge in [0.1, 0.15) is 12.4 Å². The first-order chi connectivity index (χ1) is 8.44. The molecule has 98 valence electrons. The molecule has 1 saturated carbocycles. The third kappa shape index (κ3) is 4.15. The maximum atomic E-state index is 12.0. The van der Waals surface area contributed by atoms with Crippen LogP contribution >= 0.6 is 0 Å². The van der Waals surface area contributed by atoms with Crippen LogP contribution in [0.25, 0.3) is 0 Å². The fourth-order valence-corrected chi connectivity index (χ4v) is 1.49. The molecular weight excluding hydrogens is 228 g/mol. The van der Waals surface area contributed by atoms with Crippen LogP contribution in [0.4, 0.5) is 0 Å². The molecule has 0 spiro atoms. The van der Waals surface area contributed by atoms with E-state index in [1.807, 2.05) is 32.9 Å². The van der Waals surface area contributed by atoms with Crippen LogP contribution in [0.15, 0.2) is 24.3 Å². The van der Waals surface area contributed by atoms with E-state index in [1.165, 1.54) is 0 Å². The first-order valence-electron chi connectivity index (χ1n) is 6.38. The Morgan fingerprint density at radius 1 is 1.33 bits per heavy atom. The molecule has 1 aliphatic rings. The molecule has 18 heavy (non-hydrogen) atoms. The van der Waals surface area contributed by atoms with Crippen LogP contribution in [0.5, 0.6) is 5.75 Å². The minimum atomic E-state index is -0.294. The highest BCUT2D eigenvalue weighted by Crippen LogP contribution is 2.27. The van der Waals surface area contributed by atoms with E-state index in [4.69, 9.17) is 9.47 Å². The number of carbonyl (C=O) groups excluding carboxylic acids is 1. The Bertz CT molecular complexity index is 428. The second-order valence-electron chi connectivity index (χ2n) is 5.67. The van der Waals surface area contributed by atoms with Gasteiger partial charge in [0.25, 0.3) is 0 Å². The number of hydrogen-bond acceptors (Lipinski definition) is 3. The van der Waals surface area contributed by atoms with Crippen molar-refractivity contribution in [1.29, 1.82) is 0 Å². The van der Waals surface area contributed by atoms with E-state index in [0.717, 1.165) is 18.6 Å². The molecule has 2 rings (SSSR count). The minimum Gasteiger partial charge on any atom is -0.490 e. The number of benzene rings is 1. The number of Topliss-reactive ketones (excluding diaryl/α,β-unsaturated/α-hetero) is 1. The first-order valence-corrected chi connectivity index (χ1v) is 6.38. The summed E-state index contributed by atoms with van der Waals surface area (Å²) in [5.74, 6) is 0.769. The Morgan fingerprint density at radius 3 is 2.67 bits per heavy atom. The Morgan fingerprint density at radius 2 is 2.06 bits per heavy atom. The summed E-state index contributed by atoms with van der Waals surface area (Å²) in [5.41, 5.74) is 0.357. The summed E-state index contributed by atoms with van der Waals surface area (Å²) >= 11 is 0. The highest BCUT2D eigenvalue weighted by molar-refractivity contribution is 5.97. The number of hydrogen-bond donors (Lipinski definition) is 0. The second-order valence-corrected chi connectivity index (χ2v) is 5.67. The number of ether oxygens (including phenoxy) is 2. The summed E-state index contributed by atoms with van der Waals surface area (Å²) in [4.78, 5) is 12.0. The molecule has 0 N–H and O–H groups in total. The smallest absolute Gasteiger partial charge is 0.188 e. The molecule has 3 heteroatoms. The molecule has 3 nitrogen and oxygen atoms in total. The Kier molecular flexibility index (Phi) is 3.71. The molecule has 0 aromatic heterocycles. The molecule has 1 aromatic rings. The van der Waals surface area contributed by atoms with Crippen molar-refractivity contribution < 1.29 is 14.3 Å². The second kappa shape index (κ2) is 5.11. The maximum absolute atomic E-state index is 12.0. The summed E-state index contributed by atoms with van der Waals surface area (Å²) in [5, 5.41) is 0. The zero-order valence-electron chi connectivity index (χ0n) is 11.2. The van der Waals surface area contributed by atoms with Crippen molar-refractivity contribution in [3.05, 3.63) is 29.8 Å². The van der Waals surface area contributed by atoms with Gasteiger partial charge in [0, 0.05) is 5.56 Å². The van der Waals surface area contributed by atoms with Gasteiger partial charge in [-0.15, -0.1) is 0 Å². The van der Waals surface area contributed by atoms with Crippen LogP contribution in [0.2, 0.25) is 0 Å². The van der Waals surface area contributed by atoms with E-state index >= 15 is 0 Å². The van der Waals surface area contributed by atoms with Crippen LogP contribution < -0.4 is 4.74 Å². The molecule has 0 atom stereocenters.